The summed E-state index contributed by atoms with van der Waals surface area (Å²) in [6.07, 6.45) is -2.25. The van der Waals surface area contributed by atoms with Crippen LogP contribution in [0.25, 0.3) is 0 Å². The predicted molar refractivity (Wildman–Crippen MR) is 107 cm³/mol. The van der Waals surface area contributed by atoms with Gasteiger partial charge in [-0.1, -0.05) is 30.3 Å². The lowest BCUT2D eigenvalue weighted by Crippen LogP contribution is -2.59. The number of hydrogen-bond acceptors (Lipinski definition) is 7. The van der Waals surface area contributed by atoms with E-state index in [4.69, 9.17) is 15.9 Å². The maximum Gasteiger partial charge on any atom is 0.326 e. The van der Waals surface area contributed by atoms with Gasteiger partial charge in [-0.25, -0.2) is 4.79 Å². The van der Waals surface area contributed by atoms with E-state index in [1.54, 1.807) is 30.3 Å². The molecule has 0 aromatic heterocycles. The molecule has 0 saturated heterocycles. The molecule has 4 atom stereocenters. The second-order valence-electron chi connectivity index (χ2n) is 6.74. The molecule has 12 heteroatoms. The molecule has 0 fully saturated rings. The summed E-state index contributed by atoms with van der Waals surface area (Å²) in [6.45, 7) is 0.820. The highest BCUT2D eigenvalue weighted by Gasteiger charge is 2.32. The summed E-state index contributed by atoms with van der Waals surface area (Å²) in [5.41, 5.74) is 5.82. The number of nitrogens with one attached hydrogen (secondary N) is 3. The van der Waals surface area contributed by atoms with Crippen LogP contribution in [0.1, 0.15) is 18.9 Å². The molecule has 170 valence electrons. The summed E-state index contributed by atoms with van der Waals surface area (Å²) in [5.74, 6) is -5.55. The number of hydrogen-bond donors (Lipinski definition) is 7. The Kier molecular flexibility index (Phi) is 10.1. The molecule has 0 heterocycles. The molecule has 31 heavy (non-hydrogen) atoms. The SMILES string of the molecule is CC(O)C(NC(=O)CN)C(=O)NC(Cc1ccccc1)C(=O)NC(CC(=O)O)C(=O)O. The van der Waals surface area contributed by atoms with Crippen molar-refractivity contribution in [3.05, 3.63) is 35.9 Å². The molecular weight excluding hydrogens is 412 g/mol. The molecule has 0 aliphatic carbocycles. The van der Waals surface area contributed by atoms with Crippen LogP contribution in [0, 0.1) is 0 Å². The summed E-state index contributed by atoms with van der Waals surface area (Å²) in [6, 6.07) is 3.99. The Bertz CT molecular complexity index is 799. The lowest BCUT2D eigenvalue weighted by Gasteiger charge is -2.25. The summed E-state index contributed by atoms with van der Waals surface area (Å²) in [7, 11) is 0. The molecular formula is C19H26N4O8. The van der Waals surface area contributed by atoms with E-state index in [0.29, 0.717) is 5.56 Å². The minimum Gasteiger partial charge on any atom is -0.481 e. The molecule has 12 nitrogen and oxygen atoms in total. The molecule has 0 saturated carbocycles. The number of aliphatic hydroxyl groups excluding tert-OH is 1. The average Bonchev–Trinajstić information content (AvgIpc) is 2.70. The zero-order valence-electron chi connectivity index (χ0n) is 16.8. The van der Waals surface area contributed by atoms with Gasteiger partial charge >= 0.3 is 11.9 Å². The molecule has 8 N–H and O–H groups in total. The van der Waals surface area contributed by atoms with Crippen LogP contribution in [0.3, 0.4) is 0 Å². The average molecular weight is 438 g/mol. The molecule has 1 aromatic carbocycles. The van der Waals surface area contributed by atoms with Crippen molar-refractivity contribution in [3.8, 4) is 0 Å². The third-order valence-electron chi connectivity index (χ3n) is 4.18. The van der Waals surface area contributed by atoms with Crippen molar-refractivity contribution in [3.63, 3.8) is 0 Å². The highest BCUT2D eigenvalue weighted by Crippen LogP contribution is 2.06. The largest absolute Gasteiger partial charge is 0.481 e. The van der Waals surface area contributed by atoms with Gasteiger partial charge in [0.1, 0.15) is 18.1 Å². The van der Waals surface area contributed by atoms with Crippen LogP contribution in [0.15, 0.2) is 30.3 Å². The quantitative estimate of drug-likeness (QED) is 0.185. The molecule has 0 radical (unpaired) electrons. The summed E-state index contributed by atoms with van der Waals surface area (Å²) in [4.78, 5) is 59.0. The maximum atomic E-state index is 12.7. The fraction of sp³-hybridized carbons (Fsp3) is 0.421. The number of nitrogens with two attached hydrogens (primary N) is 1. The van der Waals surface area contributed by atoms with Crippen LogP contribution in [0.5, 0.6) is 0 Å². The van der Waals surface area contributed by atoms with E-state index in [9.17, 15) is 29.1 Å². The van der Waals surface area contributed by atoms with Crippen LogP contribution < -0.4 is 21.7 Å². The Balaban J connectivity index is 3.08. The van der Waals surface area contributed by atoms with Crippen molar-refractivity contribution < 1.29 is 39.3 Å². The lowest BCUT2D eigenvalue weighted by molar-refractivity contribution is -0.147. The maximum absolute atomic E-state index is 12.7. The number of carboxylic acid groups (broad SMARTS) is 2. The summed E-state index contributed by atoms with van der Waals surface area (Å²) in [5, 5.41) is 34.5. The van der Waals surface area contributed by atoms with Crippen LogP contribution >= 0.6 is 0 Å². The number of carbonyl (C=O) groups excluding carboxylic acids is 3. The van der Waals surface area contributed by atoms with E-state index in [-0.39, 0.29) is 6.42 Å². The zero-order chi connectivity index (χ0) is 23.6. The van der Waals surface area contributed by atoms with Gasteiger partial charge in [0.05, 0.1) is 19.1 Å². The van der Waals surface area contributed by atoms with Crippen molar-refractivity contribution in [2.45, 2.75) is 44.0 Å². The van der Waals surface area contributed by atoms with E-state index in [1.807, 2.05) is 0 Å². The Hall–Kier alpha value is -3.51. The number of aliphatic hydroxyl groups is 1. The van der Waals surface area contributed by atoms with Crippen molar-refractivity contribution in [1.29, 1.82) is 0 Å². The van der Waals surface area contributed by atoms with Crippen molar-refractivity contribution >= 4 is 29.7 Å². The summed E-state index contributed by atoms with van der Waals surface area (Å²) >= 11 is 0. The Morgan fingerprint density at radius 2 is 1.52 bits per heavy atom. The second-order valence-corrected chi connectivity index (χ2v) is 6.74. The van der Waals surface area contributed by atoms with Crippen molar-refractivity contribution in [1.82, 2.24) is 16.0 Å². The van der Waals surface area contributed by atoms with Gasteiger partial charge in [0.2, 0.25) is 17.7 Å². The first-order valence-corrected chi connectivity index (χ1v) is 9.31. The minimum atomic E-state index is -1.72. The number of aliphatic carboxylic acids is 2. The molecule has 0 bridgehead atoms. The molecule has 3 amide bonds. The fourth-order valence-electron chi connectivity index (χ4n) is 2.61. The first-order valence-electron chi connectivity index (χ1n) is 9.31. The Morgan fingerprint density at radius 1 is 0.935 bits per heavy atom. The van der Waals surface area contributed by atoms with Crippen LogP contribution in [-0.2, 0) is 30.4 Å². The number of benzene rings is 1. The minimum absolute atomic E-state index is 0.0603. The second kappa shape index (κ2) is 12.2. The predicted octanol–water partition coefficient (Wildman–Crippen LogP) is -2.42. The van der Waals surface area contributed by atoms with Crippen LogP contribution in [-0.4, -0.2) is 75.8 Å². The van der Waals surface area contributed by atoms with Gasteiger partial charge in [0, 0.05) is 6.42 Å². The van der Waals surface area contributed by atoms with Gasteiger partial charge in [-0.05, 0) is 12.5 Å². The first-order chi connectivity index (χ1) is 14.5. The van der Waals surface area contributed by atoms with Crippen molar-refractivity contribution in [2.24, 2.45) is 5.73 Å². The van der Waals surface area contributed by atoms with E-state index in [2.05, 4.69) is 16.0 Å². The number of amides is 3. The summed E-state index contributed by atoms with van der Waals surface area (Å²) < 4.78 is 0. The monoisotopic (exact) mass is 438 g/mol. The number of carbonyl (C=O) groups is 5. The first kappa shape index (κ1) is 25.5. The smallest absolute Gasteiger partial charge is 0.326 e. The van der Waals surface area contributed by atoms with Gasteiger partial charge in [-0.15, -0.1) is 0 Å². The highest BCUT2D eigenvalue weighted by molar-refractivity contribution is 5.94. The molecule has 0 aliphatic rings. The fourth-order valence-corrected chi connectivity index (χ4v) is 2.61. The molecule has 4 unspecified atom stereocenters. The van der Waals surface area contributed by atoms with Crippen LogP contribution in [0.2, 0.25) is 0 Å². The standard InChI is InChI=1S/C19H26N4O8/c1-10(24)16(23-14(25)9-20)18(29)21-12(7-11-5-3-2-4-6-11)17(28)22-13(19(30)31)8-15(26)27/h2-6,10,12-13,16,24H,7-9,20H2,1H3,(H,21,29)(H,22,28)(H,23,25)(H,26,27)(H,30,31). The number of carboxylic acids is 2. The van der Waals surface area contributed by atoms with Crippen molar-refractivity contribution in [2.75, 3.05) is 6.54 Å². The number of rotatable bonds is 12. The van der Waals surface area contributed by atoms with Gasteiger partial charge < -0.3 is 37.0 Å². The Morgan fingerprint density at radius 3 is 2.00 bits per heavy atom. The van der Waals surface area contributed by atoms with Crippen LogP contribution in [0.4, 0.5) is 0 Å². The molecule has 1 rings (SSSR count). The van der Waals surface area contributed by atoms with E-state index in [0.717, 1.165) is 0 Å². The zero-order valence-corrected chi connectivity index (χ0v) is 16.8. The van der Waals surface area contributed by atoms with E-state index >= 15 is 0 Å². The van der Waals surface area contributed by atoms with Gasteiger partial charge in [-0.2, -0.15) is 0 Å². The third kappa shape index (κ3) is 8.80. The molecule has 1 aromatic rings. The lowest BCUT2D eigenvalue weighted by atomic mass is 10.0. The van der Waals surface area contributed by atoms with Gasteiger partial charge in [0.15, 0.2) is 0 Å². The van der Waals surface area contributed by atoms with Gasteiger partial charge in [-0.3, -0.25) is 19.2 Å². The van der Waals surface area contributed by atoms with E-state index < -0.39 is 66.9 Å². The highest BCUT2D eigenvalue weighted by atomic mass is 16.4. The molecule has 0 aliphatic heterocycles. The third-order valence-corrected chi connectivity index (χ3v) is 4.18. The topological polar surface area (TPSA) is 208 Å². The molecule has 0 spiro atoms. The Labute approximate surface area is 177 Å². The normalized spacial score (nSPS) is 14.4. The van der Waals surface area contributed by atoms with E-state index in [1.165, 1.54) is 6.92 Å². The van der Waals surface area contributed by atoms with Gasteiger partial charge in [0.25, 0.3) is 0 Å².